The Morgan fingerprint density at radius 2 is 2.17 bits per heavy atom. The maximum Gasteiger partial charge on any atom is 0.340 e. The largest absolute Gasteiger partial charge is 0.478 e. The van der Waals surface area contributed by atoms with Crippen LogP contribution in [0.1, 0.15) is 15.9 Å². The first-order valence-corrected chi connectivity index (χ1v) is 3.32. The van der Waals surface area contributed by atoms with Crippen molar-refractivity contribution in [2.45, 2.75) is 6.92 Å². The zero-order valence-electron chi connectivity index (χ0n) is 6.47. The van der Waals surface area contributed by atoms with Crippen LogP contribution in [0, 0.1) is 12.7 Å². The van der Waals surface area contributed by atoms with Crippen molar-refractivity contribution in [2.75, 3.05) is 5.73 Å². The average molecular weight is 169 g/mol. The predicted octanol–water partition coefficient (Wildman–Crippen LogP) is 1.41. The molecule has 0 spiro atoms. The minimum atomic E-state index is -1.34. The molecule has 0 saturated carbocycles. The maximum absolute atomic E-state index is 12.8. The van der Waals surface area contributed by atoms with E-state index in [2.05, 4.69) is 0 Å². The maximum atomic E-state index is 12.8. The number of rotatable bonds is 1. The van der Waals surface area contributed by atoms with E-state index in [1.807, 2.05) is 0 Å². The third-order valence-corrected chi connectivity index (χ3v) is 1.63. The first kappa shape index (κ1) is 8.52. The number of aryl methyl sites for hydroxylation is 1. The Labute approximate surface area is 68.6 Å². The second-order valence-electron chi connectivity index (χ2n) is 2.46. The first-order chi connectivity index (χ1) is 5.54. The monoisotopic (exact) mass is 169 g/mol. The number of hydrogen-bond acceptors (Lipinski definition) is 2. The number of carboxylic acids is 1. The average Bonchev–Trinajstić information content (AvgIpc) is 1.97. The lowest BCUT2D eigenvalue weighted by molar-refractivity contribution is 0.0693. The van der Waals surface area contributed by atoms with E-state index in [1.54, 1.807) is 6.92 Å². The van der Waals surface area contributed by atoms with Gasteiger partial charge in [0.05, 0.1) is 5.69 Å². The van der Waals surface area contributed by atoms with Gasteiger partial charge in [0.25, 0.3) is 0 Å². The zero-order chi connectivity index (χ0) is 9.30. The van der Waals surface area contributed by atoms with Gasteiger partial charge in [0, 0.05) is 0 Å². The van der Waals surface area contributed by atoms with Gasteiger partial charge >= 0.3 is 5.97 Å². The summed E-state index contributed by atoms with van der Waals surface area (Å²) < 4.78 is 12.8. The van der Waals surface area contributed by atoms with Gasteiger partial charge in [0.15, 0.2) is 0 Å². The Hall–Kier alpha value is -1.58. The molecule has 3 N–H and O–H groups in total. The van der Waals surface area contributed by atoms with E-state index in [4.69, 9.17) is 10.8 Å². The molecule has 0 aliphatic carbocycles. The molecule has 1 rings (SSSR count). The smallest absolute Gasteiger partial charge is 0.340 e. The van der Waals surface area contributed by atoms with Crippen molar-refractivity contribution in [1.29, 1.82) is 0 Å². The van der Waals surface area contributed by atoms with E-state index >= 15 is 0 Å². The number of carboxylic acid groups (broad SMARTS) is 1. The van der Waals surface area contributed by atoms with Crippen LogP contribution in [0.3, 0.4) is 0 Å². The molecule has 12 heavy (non-hydrogen) atoms. The number of hydrogen-bond donors (Lipinski definition) is 2. The molecule has 0 aliphatic heterocycles. The number of carbonyl (C=O) groups is 1. The van der Waals surface area contributed by atoms with Crippen molar-refractivity contribution < 1.29 is 14.3 Å². The molecule has 0 amide bonds. The van der Waals surface area contributed by atoms with Crippen molar-refractivity contribution in [1.82, 2.24) is 0 Å². The zero-order valence-corrected chi connectivity index (χ0v) is 6.47. The lowest BCUT2D eigenvalue weighted by Crippen LogP contribution is -2.07. The van der Waals surface area contributed by atoms with Crippen LogP contribution in [0.4, 0.5) is 10.1 Å². The normalized spacial score (nSPS) is 9.83. The minimum absolute atomic E-state index is 0.0116. The molecule has 0 bridgehead atoms. The molecule has 0 saturated heterocycles. The number of halogens is 1. The van der Waals surface area contributed by atoms with Crippen LogP contribution < -0.4 is 5.73 Å². The van der Waals surface area contributed by atoms with Gasteiger partial charge in [-0.15, -0.1) is 0 Å². The highest BCUT2D eigenvalue weighted by Crippen LogP contribution is 2.19. The van der Waals surface area contributed by atoms with E-state index in [1.165, 1.54) is 6.07 Å². The van der Waals surface area contributed by atoms with Gasteiger partial charge in [0.2, 0.25) is 0 Å². The van der Waals surface area contributed by atoms with Crippen LogP contribution >= 0.6 is 0 Å². The second kappa shape index (κ2) is 2.81. The van der Waals surface area contributed by atoms with Crippen LogP contribution in [0.25, 0.3) is 0 Å². The fraction of sp³-hybridized carbons (Fsp3) is 0.125. The third kappa shape index (κ3) is 1.23. The quantitative estimate of drug-likeness (QED) is 0.625. The van der Waals surface area contributed by atoms with Gasteiger partial charge in [-0.2, -0.15) is 0 Å². The molecule has 0 atom stereocenters. The van der Waals surface area contributed by atoms with Crippen LogP contribution in [0.15, 0.2) is 12.1 Å². The van der Waals surface area contributed by atoms with Gasteiger partial charge in [-0.05, 0) is 18.6 Å². The summed E-state index contributed by atoms with van der Waals surface area (Å²) in [5.41, 5.74) is 5.47. The highest BCUT2D eigenvalue weighted by Gasteiger charge is 2.14. The van der Waals surface area contributed by atoms with Crippen molar-refractivity contribution in [3.8, 4) is 0 Å². The summed E-state index contributed by atoms with van der Waals surface area (Å²) in [6, 6.07) is 2.53. The molecule has 0 aromatic heterocycles. The van der Waals surface area contributed by atoms with E-state index in [-0.39, 0.29) is 5.69 Å². The van der Waals surface area contributed by atoms with Gasteiger partial charge < -0.3 is 10.8 Å². The van der Waals surface area contributed by atoms with Crippen molar-refractivity contribution in [3.05, 3.63) is 29.1 Å². The number of nitrogen functional groups attached to an aromatic ring is 1. The van der Waals surface area contributed by atoms with Crippen molar-refractivity contribution in [3.63, 3.8) is 0 Å². The van der Waals surface area contributed by atoms with Crippen LogP contribution in [0.5, 0.6) is 0 Å². The van der Waals surface area contributed by atoms with Gasteiger partial charge in [-0.1, -0.05) is 6.07 Å². The summed E-state index contributed by atoms with van der Waals surface area (Å²) in [5.74, 6) is -2.14. The third-order valence-electron chi connectivity index (χ3n) is 1.63. The lowest BCUT2D eigenvalue weighted by Gasteiger charge is -2.04. The number of anilines is 1. The SMILES string of the molecule is Cc1ccc(F)c(C(=O)O)c1N. The summed E-state index contributed by atoms with van der Waals surface area (Å²) in [6.45, 7) is 1.63. The first-order valence-electron chi connectivity index (χ1n) is 3.32. The minimum Gasteiger partial charge on any atom is -0.478 e. The van der Waals surface area contributed by atoms with E-state index in [0.29, 0.717) is 5.56 Å². The Morgan fingerprint density at radius 3 is 2.58 bits per heavy atom. The second-order valence-corrected chi connectivity index (χ2v) is 2.46. The molecule has 0 radical (unpaired) electrons. The molecule has 0 unspecified atom stereocenters. The molecule has 0 aliphatic rings. The molecule has 0 fully saturated rings. The van der Waals surface area contributed by atoms with Gasteiger partial charge in [0.1, 0.15) is 11.4 Å². The van der Waals surface area contributed by atoms with Gasteiger partial charge in [-0.25, -0.2) is 9.18 Å². The fourth-order valence-corrected chi connectivity index (χ4v) is 0.914. The summed E-state index contributed by atoms with van der Waals surface area (Å²) in [7, 11) is 0. The lowest BCUT2D eigenvalue weighted by atomic mass is 10.1. The molecule has 64 valence electrons. The number of benzene rings is 1. The molecular formula is C8H8FNO2. The summed E-state index contributed by atoms with van der Waals surface area (Å²) in [6.07, 6.45) is 0. The summed E-state index contributed by atoms with van der Waals surface area (Å²) in [5, 5.41) is 8.55. The molecule has 4 heteroatoms. The van der Waals surface area contributed by atoms with E-state index < -0.39 is 17.3 Å². The Kier molecular flexibility index (Phi) is 1.99. The van der Waals surface area contributed by atoms with Crippen LogP contribution in [-0.2, 0) is 0 Å². The van der Waals surface area contributed by atoms with Crippen LogP contribution in [0.2, 0.25) is 0 Å². The fourth-order valence-electron chi connectivity index (χ4n) is 0.914. The Morgan fingerprint density at radius 1 is 1.58 bits per heavy atom. The van der Waals surface area contributed by atoms with Crippen molar-refractivity contribution >= 4 is 11.7 Å². The highest BCUT2D eigenvalue weighted by molar-refractivity contribution is 5.94. The van der Waals surface area contributed by atoms with Crippen molar-refractivity contribution in [2.24, 2.45) is 0 Å². The number of nitrogens with two attached hydrogens (primary N) is 1. The van der Waals surface area contributed by atoms with E-state index in [0.717, 1.165) is 6.07 Å². The van der Waals surface area contributed by atoms with E-state index in [9.17, 15) is 9.18 Å². The molecule has 1 aromatic carbocycles. The molecule has 0 heterocycles. The van der Waals surface area contributed by atoms with Gasteiger partial charge in [-0.3, -0.25) is 0 Å². The number of aromatic carboxylic acids is 1. The summed E-state index contributed by atoms with van der Waals surface area (Å²) >= 11 is 0. The Balaban J connectivity index is 3.43. The molecular weight excluding hydrogens is 161 g/mol. The topological polar surface area (TPSA) is 63.3 Å². The highest BCUT2D eigenvalue weighted by atomic mass is 19.1. The Bertz CT molecular complexity index is 336. The predicted molar refractivity (Wildman–Crippen MR) is 42.5 cm³/mol. The molecule has 1 aromatic rings. The van der Waals surface area contributed by atoms with Crippen LogP contribution in [-0.4, -0.2) is 11.1 Å². The standard InChI is InChI=1S/C8H8FNO2/c1-4-2-3-5(9)6(7(4)10)8(11)12/h2-3H,10H2,1H3,(H,11,12). The summed E-state index contributed by atoms with van der Waals surface area (Å²) in [4.78, 5) is 10.5. The molecule has 3 nitrogen and oxygen atoms in total.